The average molecular weight is 264 g/mol. The molecule has 5 nitrogen and oxygen atoms in total. The van der Waals surface area contributed by atoms with Crippen LogP contribution >= 0.6 is 0 Å². The standard InChI is InChI=1S/C14H24N4O/c1-5-7-9-18(4)13(19)12-10-11(3)16-14(17-12)15-8-6-2/h10H,5-9H2,1-4H3,(H,15,16,17). The van der Waals surface area contributed by atoms with Crippen LogP contribution in [0.2, 0.25) is 0 Å². The Morgan fingerprint density at radius 3 is 2.68 bits per heavy atom. The molecule has 0 aliphatic carbocycles. The van der Waals surface area contributed by atoms with E-state index in [-0.39, 0.29) is 5.91 Å². The van der Waals surface area contributed by atoms with Gasteiger partial charge in [0.2, 0.25) is 5.95 Å². The number of unbranched alkanes of at least 4 members (excludes halogenated alkanes) is 1. The van der Waals surface area contributed by atoms with Gasteiger partial charge in [0, 0.05) is 25.8 Å². The van der Waals surface area contributed by atoms with E-state index in [2.05, 4.69) is 29.1 Å². The molecule has 0 unspecified atom stereocenters. The second-order valence-electron chi connectivity index (χ2n) is 4.73. The summed E-state index contributed by atoms with van der Waals surface area (Å²) < 4.78 is 0. The summed E-state index contributed by atoms with van der Waals surface area (Å²) in [6.45, 7) is 7.63. The van der Waals surface area contributed by atoms with Gasteiger partial charge in [-0.2, -0.15) is 0 Å². The first kappa shape index (κ1) is 15.4. The molecule has 0 bridgehead atoms. The lowest BCUT2D eigenvalue weighted by molar-refractivity contribution is 0.0787. The molecule has 1 aromatic heterocycles. The summed E-state index contributed by atoms with van der Waals surface area (Å²) in [7, 11) is 1.81. The smallest absolute Gasteiger partial charge is 0.272 e. The normalized spacial score (nSPS) is 10.3. The van der Waals surface area contributed by atoms with Crippen LogP contribution in [0.1, 0.15) is 49.3 Å². The molecule has 0 saturated carbocycles. The number of carbonyl (C=O) groups is 1. The molecule has 1 amide bonds. The van der Waals surface area contributed by atoms with Crippen LogP contribution < -0.4 is 5.32 Å². The van der Waals surface area contributed by atoms with Crippen molar-refractivity contribution >= 4 is 11.9 Å². The van der Waals surface area contributed by atoms with Gasteiger partial charge in [-0.25, -0.2) is 9.97 Å². The highest BCUT2D eigenvalue weighted by Crippen LogP contribution is 2.08. The Labute approximate surface area is 115 Å². The van der Waals surface area contributed by atoms with E-state index < -0.39 is 0 Å². The van der Waals surface area contributed by atoms with E-state index in [1.165, 1.54) is 0 Å². The van der Waals surface area contributed by atoms with Crippen LogP contribution in [0.5, 0.6) is 0 Å². The SMILES string of the molecule is CCCCN(C)C(=O)c1cc(C)nc(NCCC)n1. The third-order valence-corrected chi connectivity index (χ3v) is 2.80. The molecule has 0 saturated heterocycles. The maximum absolute atomic E-state index is 12.2. The van der Waals surface area contributed by atoms with Crippen LogP contribution in [0.15, 0.2) is 6.07 Å². The zero-order valence-electron chi connectivity index (χ0n) is 12.4. The van der Waals surface area contributed by atoms with Gasteiger partial charge < -0.3 is 10.2 Å². The van der Waals surface area contributed by atoms with Crippen molar-refractivity contribution in [3.05, 3.63) is 17.5 Å². The minimum Gasteiger partial charge on any atom is -0.354 e. The van der Waals surface area contributed by atoms with E-state index in [4.69, 9.17) is 0 Å². The van der Waals surface area contributed by atoms with E-state index in [1.807, 2.05) is 14.0 Å². The Bertz CT molecular complexity index is 420. The van der Waals surface area contributed by atoms with Gasteiger partial charge in [0.15, 0.2) is 0 Å². The van der Waals surface area contributed by atoms with Crippen molar-refractivity contribution in [2.24, 2.45) is 0 Å². The van der Waals surface area contributed by atoms with Crippen LogP contribution in [0, 0.1) is 6.92 Å². The van der Waals surface area contributed by atoms with Crippen molar-refractivity contribution < 1.29 is 4.79 Å². The quantitative estimate of drug-likeness (QED) is 0.822. The van der Waals surface area contributed by atoms with Gasteiger partial charge in [-0.05, 0) is 25.8 Å². The molecule has 19 heavy (non-hydrogen) atoms. The van der Waals surface area contributed by atoms with Gasteiger partial charge in [-0.3, -0.25) is 4.79 Å². The molecule has 0 aliphatic heterocycles. The predicted octanol–water partition coefficient (Wildman–Crippen LogP) is 2.48. The summed E-state index contributed by atoms with van der Waals surface area (Å²) in [5.41, 5.74) is 1.27. The molecule has 0 spiro atoms. The fraction of sp³-hybridized carbons (Fsp3) is 0.643. The van der Waals surface area contributed by atoms with Crippen molar-refractivity contribution in [2.45, 2.75) is 40.0 Å². The summed E-state index contributed by atoms with van der Waals surface area (Å²) in [6, 6.07) is 1.74. The highest BCUT2D eigenvalue weighted by Gasteiger charge is 2.14. The van der Waals surface area contributed by atoms with Crippen molar-refractivity contribution in [1.82, 2.24) is 14.9 Å². The summed E-state index contributed by atoms with van der Waals surface area (Å²) in [5, 5.41) is 3.12. The number of nitrogens with zero attached hydrogens (tertiary/aromatic N) is 3. The van der Waals surface area contributed by atoms with Gasteiger partial charge in [0.05, 0.1) is 0 Å². The molecule has 1 aromatic rings. The molecule has 1 N–H and O–H groups in total. The molecule has 0 fully saturated rings. The van der Waals surface area contributed by atoms with E-state index in [1.54, 1.807) is 11.0 Å². The second kappa shape index (κ2) is 7.71. The first-order chi connectivity index (χ1) is 9.08. The summed E-state index contributed by atoms with van der Waals surface area (Å²) in [5.74, 6) is 0.493. The van der Waals surface area contributed by atoms with Crippen molar-refractivity contribution in [2.75, 3.05) is 25.5 Å². The molecule has 106 valence electrons. The van der Waals surface area contributed by atoms with Crippen molar-refractivity contribution in [1.29, 1.82) is 0 Å². The Morgan fingerprint density at radius 1 is 1.32 bits per heavy atom. The van der Waals surface area contributed by atoms with Crippen LogP contribution in [-0.2, 0) is 0 Å². The van der Waals surface area contributed by atoms with Crippen molar-refractivity contribution in [3.8, 4) is 0 Å². The highest BCUT2D eigenvalue weighted by atomic mass is 16.2. The number of aromatic nitrogens is 2. The van der Waals surface area contributed by atoms with Crippen LogP contribution in [0.3, 0.4) is 0 Å². The third-order valence-electron chi connectivity index (χ3n) is 2.80. The zero-order valence-corrected chi connectivity index (χ0v) is 12.4. The van der Waals surface area contributed by atoms with Crippen LogP contribution in [0.4, 0.5) is 5.95 Å². The fourth-order valence-electron chi connectivity index (χ4n) is 1.69. The number of amides is 1. The molecule has 1 rings (SSSR count). The van der Waals surface area contributed by atoms with E-state index in [9.17, 15) is 4.79 Å². The summed E-state index contributed by atoms with van der Waals surface area (Å²) in [4.78, 5) is 22.5. The fourth-order valence-corrected chi connectivity index (χ4v) is 1.69. The van der Waals surface area contributed by atoms with Gasteiger partial charge in [-0.15, -0.1) is 0 Å². The van der Waals surface area contributed by atoms with E-state index >= 15 is 0 Å². The van der Waals surface area contributed by atoms with Gasteiger partial charge in [0.25, 0.3) is 5.91 Å². The Morgan fingerprint density at radius 2 is 2.05 bits per heavy atom. The maximum Gasteiger partial charge on any atom is 0.272 e. The monoisotopic (exact) mass is 264 g/mol. The molecule has 1 heterocycles. The molecular weight excluding hydrogens is 240 g/mol. The first-order valence-electron chi connectivity index (χ1n) is 6.93. The molecule has 5 heteroatoms. The number of nitrogens with one attached hydrogen (secondary N) is 1. The largest absolute Gasteiger partial charge is 0.354 e. The van der Waals surface area contributed by atoms with Crippen molar-refractivity contribution in [3.63, 3.8) is 0 Å². The number of anilines is 1. The lowest BCUT2D eigenvalue weighted by atomic mass is 10.2. The molecule has 0 radical (unpaired) electrons. The maximum atomic E-state index is 12.2. The minimum atomic E-state index is -0.0431. The zero-order chi connectivity index (χ0) is 14.3. The third kappa shape index (κ3) is 4.85. The topological polar surface area (TPSA) is 58.1 Å². The highest BCUT2D eigenvalue weighted by molar-refractivity contribution is 5.92. The van der Waals surface area contributed by atoms with Crippen LogP contribution in [0.25, 0.3) is 0 Å². The number of hydrogen-bond donors (Lipinski definition) is 1. The molecular formula is C14H24N4O. The number of rotatable bonds is 7. The number of carbonyl (C=O) groups excluding carboxylic acids is 1. The second-order valence-corrected chi connectivity index (χ2v) is 4.73. The summed E-state index contributed by atoms with van der Waals surface area (Å²) in [6.07, 6.45) is 3.08. The Balaban J connectivity index is 2.81. The lowest BCUT2D eigenvalue weighted by Crippen LogP contribution is -2.29. The minimum absolute atomic E-state index is 0.0431. The number of aryl methyl sites for hydroxylation is 1. The Hall–Kier alpha value is -1.65. The molecule has 0 atom stereocenters. The molecule has 0 aliphatic rings. The predicted molar refractivity (Wildman–Crippen MR) is 77.4 cm³/mol. The lowest BCUT2D eigenvalue weighted by Gasteiger charge is -2.16. The number of hydrogen-bond acceptors (Lipinski definition) is 4. The van der Waals surface area contributed by atoms with Gasteiger partial charge in [0.1, 0.15) is 5.69 Å². The van der Waals surface area contributed by atoms with Gasteiger partial charge in [-0.1, -0.05) is 20.3 Å². The van der Waals surface area contributed by atoms with E-state index in [0.717, 1.165) is 38.0 Å². The molecule has 0 aromatic carbocycles. The summed E-state index contributed by atoms with van der Waals surface area (Å²) >= 11 is 0. The van der Waals surface area contributed by atoms with Gasteiger partial charge >= 0.3 is 0 Å². The first-order valence-corrected chi connectivity index (χ1v) is 6.93. The Kier molecular flexibility index (Phi) is 6.25. The average Bonchev–Trinajstić information content (AvgIpc) is 2.41. The van der Waals surface area contributed by atoms with E-state index in [0.29, 0.717) is 11.6 Å². The van der Waals surface area contributed by atoms with Crippen LogP contribution in [-0.4, -0.2) is 40.9 Å².